The smallest absolute Gasteiger partial charge is 0.340 e. The number of carbonyl (C=O) groups excluding carboxylic acids is 1. The molecule has 0 spiro atoms. The Labute approximate surface area is 151 Å². The normalized spacial score (nSPS) is 21.7. The molecule has 2 heterocycles. The summed E-state index contributed by atoms with van der Waals surface area (Å²) in [6.07, 6.45) is 5.09. The SMILES string of the molecule is CC(C)(C)OC(=O)c1ccc(N2CCC[C@H]2CN2CCCC2)cc1N. The van der Waals surface area contributed by atoms with Crippen molar-refractivity contribution in [3.05, 3.63) is 23.8 Å². The van der Waals surface area contributed by atoms with Crippen LogP contribution in [0, 0.1) is 0 Å². The molecule has 1 aromatic rings. The molecule has 25 heavy (non-hydrogen) atoms. The van der Waals surface area contributed by atoms with Crippen LogP contribution < -0.4 is 10.6 Å². The summed E-state index contributed by atoms with van der Waals surface area (Å²) in [5.41, 5.74) is 7.73. The molecule has 5 nitrogen and oxygen atoms in total. The zero-order chi connectivity index (χ0) is 18.0. The lowest BCUT2D eigenvalue weighted by molar-refractivity contribution is 0.00708. The van der Waals surface area contributed by atoms with Crippen molar-refractivity contribution in [3.63, 3.8) is 0 Å². The van der Waals surface area contributed by atoms with Crippen LogP contribution in [0.2, 0.25) is 0 Å². The maximum absolute atomic E-state index is 12.3. The first-order valence-corrected chi connectivity index (χ1v) is 9.45. The van der Waals surface area contributed by atoms with E-state index in [1.54, 1.807) is 0 Å². The van der Waals surface area contributed by atoms with E-state index in [2.05, 4.69) is 9.80 Å². The minimum Gasteiger partial charge on any atom is -0.456 e. The van der Waals surface area contributed by atoms with Crippen molar-refractivity contribution in [1.82, 2.24) is 4.90 Å². The lowest BCUT2D eigenvalue weighted by Crippen LogP contribution is -2.39. The van der Waals surface area contributed by atoms with Crippen LogP contribution in [0.4, 0.5) is 11.4 Å². The standard InChI is InChI=1S/C20H31N3O2/c1-20(2,3)25-19(24)17-9-8-15(13-18(17)21)23-12-6-7-16(23)14-22-10-4-5-11-22/h8-9,13,16H,4-7,10-12,14,21H2,1-3H3/t16-/m0/s1. The van der Waals surface area contributed by atoms with Gasteiger partial charge in [0, 0.05) is 30.5 Å². The Kier molecular flexibility index (Phi) is 5.23. The number of likely N-dealkylation sites (tertiary alicyclic amines) is 1. The summed E-state index contributed by atoms with van der Waals surface area (Å²) in [6, 6.07) is 6.30. The lowest BCUT2D eigenvalue weighted by atomic mass is 10.1. The maximum Gasteiger partial charge on any atom is 0.340 e. The fraction of sp³-hybridized carbons (Fsp3) is 0.650. The van der Waals surface area contributed by atoms with Crippen molar-refractivity contribution in [3.8, 4) is 0 Å². The van der Waals surface area contributed by atoms with Gasteiger partial charge in [-0.2, -0.15) is 0 Å². The molecule has 3 rings (SSSR count). The fourth-order valence-corrected chi connectivity index (χ4v) is 3.88. The third-order valence-corrected chi connectivity index (χ3v) is 5.03. The Morgan fingerprint density at radius 2 is 1.92 bits per heavy atom. The minimum atomic E-state index is -0.516. The van der Waals surface area contributed by atoms with E-state index in [1.807, 2.05) is 39.0 Å². The van der Waals surface area contributed by atoms with Gasteiger partial charge in [-0.1, -0.05) is 0 Å². The molecule has 2 aliphatic rings. The van der Waals surface area contributed by atoms with Crippen molar-refractivity contribution in [1.29, 1.82) is 0 Å². The predicted octanol–water partition coefficient (Wildman–Crippen LogP) is 3.29. The largest absolute Gasteiger partial charge is 0.456 e. The highest BCUT2D eigenvalue weighted by molar-refractivity contribution is 5.96. The molecule has 0 aromatic heterocycles. The van der Waals surface area contributed by atoms with Crippen LogP contribution in [0.1, 0.15) is 56.8 Å². The van der Waals surface area contributed by atoms with Crippen molar-refractivity contribution < 1.29 is 9.53 Å². The highest BCUT2D eigenvalue weighted by atomic mass is 16.6. The lowest BCUT2D eigenvalue weighted by Gasteiger charge is -2.30. The molecule has 0 aliphatic carbocycles. The quantitative estimate of drug-likeness (QED) is 0.670. The second kappa shape index (κ2) is 7.24. The van der Waals surface area contributed by atoms with Crippen LogP contribution >= 0.6 is 0 Å². The third kappa shape index (κ3) is 4.46. The highest BCUT2D eigenvalue weighted by Gasteiger charge is 2.28. The summed E-state index contributed by atoms with van der Waals surface area (Å²) in [7, 11) is 0. The Morgan fingerprint density at radius 1 is 1.20 bits per heavy atom. The number of anilines is 2. The van der Waals surface area contributed by atoms with E-state index in [-0.39, 0.29) is 5.97 Å². The van der Waals surface area contributed by atoms with Crippen molar-refractivity contribution in [2.24, 2.45) is 0 Å². The number of rotatable bonds is 4. The first-order chi connectivity index (χ1) is 11.8. The van der Waals surface area contributed by atoms with Crippen LogP contribution in [0.15, 0.2) is 18.2 Å². The van der Waals surface area contributed by atoms with Gasteiger partial charge in [-0.15, -0.1) is 0 Å². The second-order valence-electron chi connectivity index (χ2n) is 8.27. The molecule has 2 fully saturated rings. The molecule has 5 heteroatoms. The molecule has 0 amide bonds. The van der Waals surface area contributed by atoms with Gasteiger partial charge in [-0.3, -0.25) is 0 Å². The average Bonchev–Trinajstić information content (AvgIpc) is 3.17. The summed E-state index contributed by atoms with van der Waals surface area (Å²) < 4.78 is 5.44. The zero-order valence-corrected chi connectivity index (χ0v) is 15.8. The molecule has 1 aromatic carbocycles. The van der Waals surface area contributed by atoms with Gasteiger partial charge in [-0.25, -0.2) is 4.79 Å². The molecule has 138 valence electrons. The van der Waals surface area contributed by atoms with E-state index in [1.165, 1.54) is 38.8 Å². The zero-order valence-electron chi connectivity index (χ0n) is 15.8. The molecular weight excluding hydrogens is 314 g/mol. The summed E-state index contributed by atoms with van der Waals surface area (Å²) in [5, 5.41) is 0. The number of carbonyl (C=O) groups is 1. The van der Waals surface area contributed by atoms with Gasteiger partial charge in [0.15, 0.2) is 0 Å². The number of benzene rings is 1. The van der Waals surface area contributed by atoms with Crippen LogP contribution in [-0.4, -0.2) is 48.7 Å². The van der Waals surface area contributed by atoms with E-state index in [0.717, 1.165) is 18.8 Å². The topological polar surface area (TPSA) is 58.8 Å². The summed E-state index contributed by atoms with van der Waals surface area (Å²) in [6.45, 7) is 10.2. The molecule has 2 aliphatic heterocycles. The molecular formula is C20H31N3O2. The van der Waals surface area contributed by atoms with Gasteiger partial charge in [0.2, 0.25) is 0 Å². The van der Waals surface area contributed by atoms with Gasteiger partial charge >= 0.3 is 5.97 Å². The van der Waals surface area contributed by atoms with E-state index in [9.17, 15) is 4.79 Å². The average molecular weight is 345 g/mol. The molecule has 0 bridgehead atoms. The van der Waals surface area contributed by atoms with Crippen LogP contribution in [0.25, 0.3) is 0 Å². The molecule has 2 saturated heterocycles. The van der Waals surface area contributed by atoms with Gasteiger partial charge in [0.25, 0.3) is 0 Å². The molecule has 2 N–H and O–H groups in total. The molecule has 1 atom stereocenters. The Morgan fingerprint density at radius 3 is 2.56 bits per heavy atom. The maximum atomic E-state index is 12.3. The molecule has 0 unspecified atom stereocenters. The van der Waals surface area contributed by atoms with Gasteiger partial charge in [-0.05, 0) is 77.7 Å². The Hall–Kier alpha value is -1.75. The van der Waals surface area contributed by atoms with Gasteiger partial charge in [0.05, 0.1) is 5.56 Å². The first kappa shape index (κ1) is 18.1. The number of hydrogen-bond acceptors (Lipinski definition) is 5. The van der Waals surface area contributed by atoms with E-state index >= 15 is 0 Å². The number of nitrogens with zero attached hydrogens (tertiary/aromatic N) is 2. The monoisotopic (exact) mass is 345 g/mol. The van der Waals surface area contributed by atoms with Crippen molar-refractivity contribution in [2.45, 2.75) is 58.1 Å². The number of nitrogens with two attached hydrogens (primary N) is 1. The van der Waals surface area contributed by atoms with E-state index in [4.69, 9.17) is 10.5 Å². The summed E-state index contributed by atoms with van der Waals surface area (Å²) >= 11 is 0. The number of nitrogen functional groups attached to an aromatic ring is 1. The third-order valence-electron chi connectivity index (χ3n) is 5.03. The minimum absolute atomic E-state index is 0.355. The Balaban J connectivity index is 1.71. The summed E-state index contributed by atoms with van der Waals surface area (Å²) in [4.78, 5) is 17.3. The van der Waals surface area contributed by atoms with E-state index in [0.29, 0.717) is 17.3 Å². The number of ether oxygens (including phenoxy) is 1. The molecule has 0 saturated carbocycles. The Bertz CT molecular complexity index is 618. The van der Waals surface area contributed by atoms with Crippen molar-refractivity contribution in [2.75, 3.05) is 36.8 Å². The number of esters is 1. The van der Waals surface area contributed by atoms with Crippen molar-refractivity contribution >= 4 is 17.3 Å². The highest BCUT2D eigenvalue weighted by Crippen LogP contribution is 2.30. The first-order valence-electron chi connectivity index (χ1n) is 9.45. The van der Waals surface area contributed by atoms with Gasteiger partial charge < -0.3 is 20.3 Å². The molecule has 0 radical (unpaired) electrons. The second-order valence-corrected chi connectivity index (χ2v) is 8.27. The van der Waals surface area contributed by atoms with E-state index < -0.39 is 5.60 Å². The predicted molar refractivity (Wildman–Crippen MR) is 102 cm³/mol. The summed E-state index contributed by atoms with van der Waals surface area (Å²) in [5.74, 6) is -0.355. The van der Waals surface area contributed by atoms with Crippen LogP contribution in [0.3, 0.4) is 0 Å². The number of hydrogen-bond donors (Lipinski definition) is 1. The van der Waals surface area contributed by atoms with Gasteiger partial charge in [0.1, 0.15) is 5.60 Å². The van der Waals surface area contributed by atoms with Crippen LogP contribution in [-0.2, 0) is 4.74 Å². The fourth-order valence-electron chi connectivity index (χ4n) is 3.88. The van der Waals surface area contributed by atoms with Crippen LogP contribution in [0.5, 0.6) is 0 Å².